The van der Waals surface area contributed by atoms with Crippen molar-refractivity contribution >= 4 is 23.1 Å². The number of likely N-dealkylation sites (tertiary alicyclic amines) is 1. The van der Waals surface area contributed by atoms with Gasteiger partial charge in [-0.05, 0) is 24.3 Å². The molecule has 0 radical (unpaired) electrons. The van der Waals surface area contributed by atoms with Crippen molar-refractivity contribution in [2.24, 2.45) is 0 Å². The molecule has 0 aromatic carbocycles. The van der Waals surface area contributed by atoms with Gasteiger partial charge in [-0.2, -0.15) is 0 Å². The topological polar surface area (TPSA) is 58.6 Å². The molecule has 0 spiro atoms. The third-order valence-electron chi connectivity index (χ3n) is 3.98. The molecule has 2 aromatic rings. The maximum atomic E-state index is 12.5. The summed E-state index contributed by atoms with van der Waals surface area (Å²) in [6.45, 7) is 1.40. The Bertz CT molecular complexity index is 675. The van der Waals surface area contributed by atoms with Gasteiger partial charge < -0.3 is 14.5 Å². The number of ether oxygens (including phenoxy) is 1. The van der Waals surface area contributed by atoms with Gasteiger partial charge >= 0.3 is 0 Å². The van der Waals surface area contributed by atoms with E-state index in [1.165, 1.54) is 0 Å². The summed E-state index contributed by atoms with van der Waals surface area (Å²) >= 11 is 1.62. The van der Waals surface area contributed by atoms with Gasteiger partial charge in [0.25, 0.3) is 5.88 Å². The first-order chi connectivity index (χ1) is 11.6. The van der Waals surface area contributed by atoms with E-state index in [-0.39, 0.29) is 12.0 Å². The minimum Gasteiger partial charge on any atom is -0.470 e. The molecular weight excluding hydrogens is 324 g/mol. The number of thiophene rings is 1. The van der Waals surface area contributed by atoms with Crippen molar-refractivity contribution in [2.45, 2.75) is 25.4 Å². The van der Waals surface area contributed by atoms with E-state index in [0.29, 0.717) is 24.7 Å². The van der Waals surface area contributed by atoms with Crippen LogP contribution in [0.3, 0.4) is 0 Å². The lowest BCUT2D eigenvalue weighted by molar-refractivity contribution is -0.133. The first-order valence-electron chi connectivity index (χ1n) is 8.08. The average molecular weight is 346 g/mol. The molecule has 7 heteroatoms. The third-order valence-corrected chi connectivity index (χ3v) is 4.86. The molecule has 0 N–H and O–H groups in total. The smallest absolute Gasteiger partial charge is 0.257 e. The predicted octanol–water partition coefficient (Wildman–Crippen LogP) is 2.22. The van der Waals surface area contributed by atoms with Crippen LogP contribution < -0.4 is 9.64 Å². The van der Waals surface area contributed by atoms with Crippen LogP contribution in [-0.4, -0.2) is 54.1 Å². The highest BCUT2D eigenvalue weighted by molar-refractivity contribution is 7.10. The minimum atomic E-state index is -0.0403. The van der Waals surface area contributed by atoms with Gasteiger partial charge in [0.05, 0.1) is 13.0 Å². The molecule has 0 aliphatic carbocycles. The van der Waals surface area contributed by atoms with Gasteiger partial charge in [-0.1, -0.05) is 6.07 Å². The number of rotatable bonds is 5. The number of anilines is 1. The van der Waals surface area contributed by atoms with Crippen LogP contribution in [0.25, 0.3) is 0 Å². The Morgan fingerprint density at radius 3 is 3.00 bits per heavy atom. The molecule has 24 heavy (non-hydrogen) atoms. The number of nitrogens with zero attached hydrogens (tertiary/aromatic N) is 4. The first-order valence-corrected chi connectivity index (χ1v) is 8.96. The Morgan fingerprint density at radius 1 is 1.42 bits per heavy atom. The number of aromatic nitrogens is 2. The molecule has 3 rings (SSSR count). The second kappa shape index (κ2) is 7.61. The fraction of sp³-hybridized carbons (Fsp3) is 0.471. The van der Waals surface area contributed by atoms with Crippen LogP contribution in [0.4, 0.5) is 5.82 Å². The second-order valence-electron chi connectivity index (χ2n) is 6.06. The molecule has 6 nitrogen and oxygen atoms in total. The number of hydrogen-bond donors (Lipinski definition) is 0. The summed E-state index contributed by atoms with van der Waals surface area (Å²) in [6.07, 6.45) is 5.58. The summed E-state index contributed by atoms with van der Waals surface area (Å²) < 4.78 is 6.06. The fourth-order valence-electron chi connectivity index (χ4n) is 2.80. The van der Waals surface area contributed by atoms with Crippen molar-refractivity contribution in [1.29, 1.82) is 0 Å². The summed E-state index contributed by atoms with van der Waals surface area (Å²) in [5.41, 5.74) is 0. The van der Waals surface area contributed by atoms with Crippen molar-refractivity contribution < 1.29 is 9.53 Å². The van der Waals surface area contributed by atoms with Crippen molar-refractivity contribution in [3.63, 3.8) is 0 Å². The number of hydrogen-bond acceptors (Lipinski definition) is 6. The molecule has 0 unspecified atom stereocenters. The van der Waals surface area contributed by atoms with Gasteiger partial charge in [-0.3, -0.25) is 4.79 Å². The Hall–Kier alpha value is -2.15. The number of piperidine rings is 1. The molecule has 128 valence electrons. The van der Waals surface area contributed by atoms with Crippen LogP contribution in [0.2, 0.25) is 0 Å². The van der Waals surface area contributed by atoms with Crippen LogP contribution in [0.5, 0.6) is 5.88 Å². The standard InChI is InChI=1S/C17H22N4O2S/c1-20(2)16-17(19-8-7-18-16)23-13-5-3-9-21(12-13)15(22)11-14-6-4-10-24-14/h4,6-8,10,13H,3,5,9,11-12H2,1-2H3/t13-/m1/s1. The normalized spacial score (nSPS) is 17.6. The van der Waals surface area contributed by atoms with E-state index in [2.05, 4.69) is 9.97 Å². The average Bonchev–Trinajstić information content (AvgIpc) is 3.08. The van der Waals surface area contributed by atoms with E-state index >= 15 is 0 Å². The van der Waals surface area contributed by atoms with Gasteiger partial charge in [0.2, 0.25) is 5.91 Å². The van der Waals surface area contributed by atoms with Crippen molar-refractivity contribution in [1.82, 2.24) is 14.9 Å². The molecule has 1 aliphatic rings. The van der Waals surface area contributed by atoms with Gasteiger partial charge in [-0.15, -0.1) is 11.3 Å². The highest BCUT2D eigenvalue weighted by atomic mass is 32.1. The summed E-state index contributed by atoms with van der Waals surface area (Å²) in [5.74, 6) is 1.40. The largest absolute Gasteiger partial charge is 0.470 e. The Morgan fingerprint density at radius 2 is 2.25 bits per heavy atom. The molecular formula is C17H22N4O2S. The van der Waals surface area contributed by atoms with Gasteiger partial charge in [0.15, 0.2) is 5.82 Å². The lowest BCUT2D eigenvalue weighted by atomic mass is 10.1. The zero-order valence-electron chi connectivity index (χ0n) is 14.0. The van der Waals surface area contributed by atoms with E-state index in [1.807, 2.05) is 41.4 Å². The molecule has 1 saturated heterocycles. The SMILES string of the molecule is CN(C)c1nccnc1O[C@@H]1CCCN(C(=O)Cc2cccs2)C1. The summed E-state index contributed by atoms with van der Waals surface area (Å²) in [7, 11) is 3.82. The van der Waals surface area contributed by atoms with Gasteiger partial charge in [-0.25, -0.2) is 9.97 Å². The highest BCUT2D eigenvalue weighted by Gasteiger charge is 2.26. The molecule has 0 bridgehead atoms. The van der Waals surface area contributed by atoms with E-state index in [9.17, 15) is 4.79 Å². The lowest BCUT2D eigenvalue weighted by Crippen LogP contribution is -2.45. The van der Waals surface area contributed by atoms with E-state index < -0.39 is 0 Å². The molecule has 0 saturated carbocycles. The van der Waals surface area contributed by atoms with E-state index in [0.717, 1.165) is 24.3 Å². The van der Waals surface area contributed by atoms with Crippen LogP contribution in [-0.2, 0) is 11.2 Å². The van der Waals surface area contributed by atoms with Crippen molar-refractivity contribution in [3.8, 4) is 5.88 Å². The summed E-state index contributed by atoms with van der Waals surface area (Å²) in [4.78, 5) is 26.0. The minimum absolute atomic E-state index is 0.0403. The predicted molar refractivity (Wildman–Crippen MR) is 94.6 cm³/mol. The Kier molecular flexibility index (Phi) is 5.30. The Labute approximate surface area is 146 Å². The maximum absolute atomic E-state index is 12.5. The maximum Gasteiger partial charge on any atom is 0.257 e. The molecule has 1 atom stereocenters. The number of carbonyl (C=O) groups is 1. The molecule has 2 aromatic heterocycles. The van der Waals surface area contributed by atoms with E-state index in [4.69, 9.17) is 4.74 Å². The zero-order valence-corrected chi connectivity index (χ0v) is 14.8. The fourth-order valence-corrected chi connectivity index (χ4v) is 3.50. The van der Waals surface area contributed by atoms with E-state index in [1.54, 1.807) is 23.7 Å². The third kappa shape index (κ3) is 4.03. The Balaban J connectivity index is 1.62. The number of carbonyl (C=O) groups excluding carboxylic acids is 1. The first kappa shape index (κ1) is 16.7. The van der Waals surface area contributed by atoms with Crippen LogP contribution in [0, 0.1) is 0 Å². The molecule has 3 heterocycles. The molecule has 1 fully saturated rings. The summed E-state index contributed by atoms with van der Waals surface area (Å²) in [6, 6.07) is 3.98. The van der Waals surface area contributed by atoms with Crippen LogP contribution >= 0.6 is 11.3 Å². The van der Waals surface area contributed by atoms with Crippen molar-refractivity contribution in [2.75, 3.05) is 32.1 Å². The van der Waals surface area contributed by atoms with Crippen LogP contribution in [0.1, 0.15) is 17.7 Å². The number of amides is 1. The van der Waals surface area contributed by atoms with Crippen molar-refractivity contribution in [3.05, 3.63) is 34.8 Å². The van der Waals surface area contributed by atoms with Crippen LogP contribution in [0.15, 0.2) is 29.9 Å². The van der Waals surface area contributed by atoms with Gasteiger partial charge in [0, 0.05) is 37.9 Å². The highest BCUT2D eigenvalue weighted by Crippen LogP contribution is 2.24. The zero-order chi connectivity index (χ0) is 16.9. The van der Waals surface area contributed by atoms with Gasteiger partial charge in [0.1, 0.15) is 6.10 Å². The molecule has 1 aliphatic heterocycles. The summed E-state index contributed by atoms with van der Waals surface area (Å²) in [5, 5.41) is 2.00. The monoisotopic (exact) mass is 346 g/mol. The lowest BCUT2D eigenvalue weighted by Gasteiger charge is -2.33. The quantitative estimate of drug-likeness (QED) is 0.831. The molecule has 1 amide bonds. The second-order valence-corrected chi connectivity index (χ2v) is 7.09.